The fourth-order valence-corrected chi connectivity index (χ4v) is 10.1. The summed E-state index contributed by atoms with van der Waals surface area (Å²) in [5, 5.41) is 0. The molecule has 0 bridgehead atoms. The SMILES string of the molecule is [2H]c1c([2H])c(C)c([2H])c(-c2cccc(-c3nc(-c4ccccc4)nc(-c4cccc5c4S(=O)(=O)c4ccccc4C54c5ccccc5-c5ccccc54)n3)c2)c1[2H]. The van der Waals surface area contributed by atoms with Crippen molar-refractivity contribution in [2.75, 3.05) is 0 Å². The quantitative estimate of drug-likeness (QED) is 0.182. The topological polar surface area (TPSA) is 72.8 Å². The molecule has 0 unspecified atom stereocenters. The zero-order chi connectivity index (χ0) is 39.2. The van der Waals surface area contributed by atoms with E-state index in [1.807, 2.05) is 84.9 Å². The van der Waals surface area contributed by atoms with Gasteiger partial charge in [0.15, 0.2) is 17.5 Å². The summed E-state index contributed by atoms with van der Waals surface area (Å²) in [6.07, 6.45) is 0. The van der Waals surface area contributed by atoms with E-state index in [-0.39, 0.29) is 51.2 Å². The van der Waals surface area contributed by atoms with Crippen molar-refractivity contribution in [3.05, 3.63) is 198 Å². The zero-order valence-corrected chi connectivity index (χ0v) is 29.2. The van der Waals surface area contributed by atoms with E-state index >= 15 is 8.42 Å². The van der Waals surface area contributed by atoms with E-state index in [1.54, 1.807) is 43.3 Å². The van der Waals surface area contributed by atoms with Gasteiger partial charge in [0.1, 0.15) is 0 Å². The summed E-state index contributed by atoms with van der Waals surface area (Å²) in [7, 11) is -4.14. The normalized spacial score (nSPS) is 15.3. The van der Waals surface area contributed by atoms with Crippen LogP contribution in [0.3, 0.4) is 0 Å². The van der Waals surface area contributed by atoms with E-state index < -0.39 is 15.3 Å². The van der Waals surface area contributed by atoms with Crippen LogP contribution in [-0.2, 0) is 15.3 Å². The molecule has 1 aromatic heterocycles. The van der Waals surface area contributed by atoms with Crippen LogP contribution in [0.25, 0.3) is 56.4 Å². The van der Waals surface area contributed by atoms with Gasteiger partial charge in [0.25, 0.3) is 0 Å². The second kappa shape index (κ2) is 11.8. The first kappa shape index (κ1) is 27.2. The van der Waals surface area contributed by atoms with Crippen molar-refractivity contribution in [1.82, 2.24) is 15.0 Å². The summed E-state index contributed by atoms with van der Waals surface area (Å²) in [5.41, 5.74) is 7.07. The standard InChI is InChI=1S/C47H31N3O2S/c1-30-14-11-17-32(28-30)33-18-12-19-34(29-33)45-48-44(31-15-3-2-4-16-31)49-46(50-45)37-22-13-26-41-43(37)53(51,52)42-27-10-9-25-40(42)47(41)38-23-7-5-20-35(38)36-21-6-8-24-39(36)47/h2-29H,1H3/i11D,14D,17D,28D. The molecule has 1 spiro atoms. The Labute approximate surface area is 313 Å². The zero-order valence-electron chi connectivity index (χ0n) is 32.4. The Kier molecular flexibility index (Phi) is 6.04. The molecule has 0 radical (unpaired) electrons. The van der Waals surface area contributed by atoms with Crippen LogP contribution in [0.1, 0.15) is 33.3 Å². The van der Waals surface area contributed by atoms with E-state index in [1.165, 1.54) is 0 Å². The van der Waals surface area contributed by atoms with Crippen LogP contribution in [0.4, 0.5) is 0 Å². The van der Waals surface area contributed by atoms with Crippen LogP contribution in [-0.4, -0.2) is 23.4 Å². The third kappa shape index (κ3) is 4.62. The number of hydrogen-bond acceptors (Lipinski definition) is 5. The molecule has 0 atom stereocenters. The lowest BCUT2D eigenvalue weighted by molar-refractivity contribution is 0.581. The highest BCUT2D eigenvalue weighted by molar-refractivity contribution is 7.91. The van der Waals surface area contributed by atoms with Crippen LogP contribution in [0.2, 0.25) is 0 Å². The second-order valence-electron chi connectivity index (χ2n) is 13.3. The number of nitrogens with zero attached hydrogens (tertiary/aromatic N) is 3. The van der Waals surface area contributed by atoms with Gasteiger partial charge < -0.3 is 0 Å². The van der Waals surface area contributed by atoms with Crippen LogP contribution in [0.5, 0.6) is 0 Å². The van der Waals surface area contributed by atoms with Crippen molar-refractivity contribution in [3.63, 3.8) is 0 Å². The lowest BCUT2D eigenvalue weighted by Crippen LogP contribution is -2.36. The van der Waals surface area contributed by atoms with Crippen molar-refractivity contribution < 1.29 is 13.9 Å². The molecule has 5 nitrogen and oxygen atoms in total. The molecule has 6 heteroatoms. The van der Waals surface area contributed by atoms with Crippen LogP contribution < -0.4 is 0 Å². The van der Waals surface area contributed by atoms with Gasteiger partial charge in [-0.1, -0.05) is 157 Å². The van der Waals surface area contributed by atoms with E-state index in [9.17, 15) is 0 Å². The molecular weight excluding hydrogens is 671 g/mol. The summed E-state index contributed by atoms with van der Waals surface area (Å²) < 4.78 is 64.5. The number of hydrogen-bond donors (Lipinski definition) is 0. The van der Waals surface area contributed by atoms with Crippen LogP contribution in [0.15, 0.2) is 180 Å². The minimum Gasteiger partial charge on any atom is -0.218 e. The number of aromatic nitrogens is 3. The third-order valence-electron chi connectivity index (χ3n) is 10.3. The molecule has 1 aliphatic heterocycles. The highest BCUT2D eigenvalue weighted by atomic mass is 32.2. The van der Waals surface area contributed by atoms with Gasteiger partial charge in [0.2, 0.25) is 9.84 Å². The lowest BCUT2D eigenvalue weighted by atomic mass is 9.67. The summed E-state index contributed by atoms with van der Waals surface area (Å²) >= 11 is 0. The van der Waals surface area contributed by atoms with E-state index in [0.717, 1.165) is 22.3 Å². The van der Waals surface area contributed by atoms with E-state index in [4.69, 9.17) is 20.4 Å². The largest absolute Gasteiger partial charge is 0.218 e. The molecule has 8 aromatic rings. The van der Waals surface area contributed by atoms with Gasteiger partial charge in [-0.05, 0) is 69.6 Å². The molecule has 2 aliphatic rings. The van der Waals surface area contributed by atoms with Crippen molar-refractivity contribution in [2.24, 2.45) is 0 Å². The summed E-state index contributed by atoms with van der Waals surface area (Å²) in [6, 6.07) is 45.1. The molecule has 10 rings (SSSR count). The van der Waals surface area contributed by atoms with Gasteiger partial charge >= 0.3 is 0 Å². The Morgan fingerprint density at radius 1 is 0.509 bits per heavy atom. The summed E-state index contributed by atoms with van der Waals surface area (Å²) in [5.74, 6) is 0.767. The van der Waals surface area contributed by atoms with Gasteiger partial charge in [0, 0.05) is 16.7 Å². The van der Waals surface area contributed by atoms with Gasteiger partial charge in [0.05, 0.1) is 20.7 Å². The van der Waals surface area contributed by atoms with Crippen LogP contribution >= 0.6 is 0 Å². The first-order valence-corrected chi connectivity index (χ1v) is 18.8. The molecular formula is C47H31N3O2S. The molecule has 7 aromatic carbocycles. The van der Waals surface area contributed by atoms with E-state index in [2.05, 4.69) is 24.3 Å². The molecule has 252 valence electrons. The number of rotatable bonds is 4. The summed E-state index contributed by atoms with van der Waals surface area (Å²) in [6.45, 7) is 1.61. The first-order chi connectivity index (χ1) is 27.6. The average molecular weight is 706 g/mol. The first-order valence-electron chi connectivity index (χ1n) is 19.3. The number of benzene rings is 7. The predicted molar refractivity (Wildman–Crippen MR) is 209 cm³/mol. The van der Waals surface area contributed by atoms with Crippen LogP contribution in [0, 0.1) is 6.92 Å². The summed E-state index contributed by atoms with van der Waals surface area (Å²) in [4.78, 5) is 15.3. The number of fused-ring (bicyclic) bond motifs is 9. The second-order valence-corrected chi connectivity index (χ2v) is 15.1. The fourth-order valence-electron chi connectivity index (χ4n) is 8.12. The Hall–Kier alpha value is -6.50. The fraction of sp³-hybridized carbons (Fsp3) is 0.0426. The van der Waals surface area contributed by atoms with Gasteiger partial charge in [-0.3, -0.25) is 0 Å². The minimum absolute atomic E-state index is 0.00449. The Bertz CT molecular complexity index is 3040. The van der Waals surface area contributed by atoms with E-state index in [0.29, 0.717) is 44.8 Å². The molecule has 1 aliphatic carbocycles. The van der Waals surface area contributed by atoms with Crippen molar-refractivity contribution in [1.29, 1.82) is 0 Å². The third-order valence-corrected chi connectivity index (χ3v) is 12.2. The van der Waals surface area contributed by atoms with Crippen molar-refractivity contribution >= 4 is 9.84 Å². The van der Waals surface area contributed by atoms with Crippen molar-refractivity contribution in [2.45, 2.75) is 22.1 Å². The Morgan fingerprint density at radius 3 is 1.81 bits per heavy atom. The smallest absolute Gasteiger partial charge is 0.207 e. The molecule has 0 saturated heterocycles. The van der Waals surface area contributed by atoms with Crippen molar-refractivity contribution in [3.8, 4) is 56.4 Å². The number of sulfone groups is 1. The molecule has 0 fully saturated rings. The lowest BCUT2D eigenvalue weighted by Gasteiger charge is -2.40. The Balaban J connectivity index is 1.26. The average Bonchev–Trinajstić information content (AvgIpc) is 3.55. The molecule has 0 amide bonds. The minimum atomic E-state index is -4.14. The maximum absolute atomic E-state index is 15.2. The molecule has 0 saturated carbocycles. The Morgan fingerprint density at radius 2 is 1.06 bits per heavy atom. The van der Waals surface area contributed by atoms with Gasteiger partial charge in [-0.25, -0.2) is 23.4 Å². The van der Waals surface area contributed by atoms with Gasteiger partial charge in [-0.15, -0.1) is 0 Å². The maximum Gasteiger partial charge on any atom is 0.207 e. The molecule has 2 heterocycles. The predicted octanol–water partition coefficient (Wildman–Crippen LogP) is 10.4. The molecule has 0 N–H and O–H groups in total. The maximum atomic E-state index is 15.2. The highest BCUT2D eigenvalue weighted by Gasteiger charge is 2.54. The highest BCUT2D eigenvalue weighted by Crippen LogP contribution is 2.61. The van der Waals surface area contributed by atoms with Gasteiger partial charge in [-0.2, -0.15) is 0 Å². The molecule has 53 heavy (non-hydrogen) atoms. The monoisotopic (exact) mass is 705 g/mol.